The van der Waals surface area contributed by atoms with Crippen molar-refractivity contribution in [3.8, 4) is 0 Å². The highest BCUT2D eigenvalue weighted by Gasteiger charge is 2.44. The van der Waals surface area contributed by atoms with Gasteiger partial charge in [-0.3, -0.25) is 4.79 Å². The van der Waals surface area contributed by atoms with Gasteiger partial charge in [0, 0.05) is 11.4 Å². The molecule has 1 aliphatic rings. The molecule has 1 aliphatic carbocycles. The maximum absolute atomic E-state index is 11.6. The van der Waals surface area contributed by atoms with Crippen LogP contribution in [-0.4, -0.2) is 23.7 Å². The molecule has 0 aromatic carbocycles. The van der Waals surface area contributed by atoms with E-state index >= 15 is 0 Å². The molecule has 0 unspecified atom stereocenters. The van der Waals surface area contributed by atoms with E-state index in [9.17, 15) is 9.59 Å². The van der Waals surface area contributed by atoms with Crippen LogP contribution in [0.4, 0.5) is 4.79 Å². The minimum atomic E-state index is -0.812. The molecular weight excluding hydrogens is 264 g/mol. The summed E-state index contributed by atoms with van der Waals surface area (Å²) in [4.78, 5) is 23.9. The van der Waals surface area contributed by atoms with Crippen molar-refractivity contribution < 1.29 is 14.7 Å². The van der Waals surface area contributed by atoms with Crippen LogP contribution < -0.4 is 10.6 Å². The number of urea groups is 1. The normalized spacial score (nSPS) is 16.5. The Morgan fingerprint density at radius 1 is 1.42 bits per heavy atom. The molecule has 3 N–H and O–H groups in total. The number of hydrogen-bond acceptors (Lipinski definition) is 3. The predicted octanol–water partition coefficient (Wildman–Crippen LogP) is 2.11. The number of aryl methyl sites for hydroxylation is 1. The molecular formula is C13H18N2O3S. The highest BCUT2D eigenvalue weighted by atomic mass is 32.1. The van der Waals surface area contributed by atoms with Gasteiger partial charge in [0.05, 0.1) is 12.0 Å². The van der Waals surface area contributed by atoms with Crippen LogP contribution in [0.3, 0.4) is 0 Å². The van der Waals surface area contributed by atoms with Crippen molar-refractivity contribution in [1.82, 2.24) is 10.6 Å². The fraction of sp³-hybridized carbons (Fsp3) is 0.538. The zero-order chi connectivity index (χ0) is 13.9. The molecule has 0 bridgehead atoms. The molecule has 19 heavy (non-hydrogen) atoms. The van der Waals surface area contributed by atoms with Gasteiger partial charge >= 0.3 is 12.0 Å². The molecule has 5 nitrogen and oxygen atoms in total. The van der Waals surface area contributed by atoms with Gasteiger partial charge in [0.15, 0.2) is 0 Å². The number of carbonyl (C=O) groups is 2. The second kappa shape index (κ2) is 5.61. The van der Waals surface area contributed by atoms with Crippen LogP contribution in [0.2, 0.25) is 0 Å². The Balaban J connectivity index is 1.76. The lowest BCUT2D eigenvalue weighted by molar-refractivity contribution is -0.153. The molecule has 0 spiro atoms. The molecule has 0 aliphatic heterocycles. The van der Waals surface area contributed by atoms with Crippen molar-refractivity contribution in [2.24, 2.45) is 5.41 Å². The standard InChI is InChI=1S/C13H18N2O3S/c1-9-3-6-19-10(9)7-14-12(18)15-8-13(11(16)17)4-2-5-13/h3,6H,2,4-5,7-8H2,1H3,(H,16,17)(H2,14,15,18). The van der Waals surface area contributed by atoms with E-state index in [4.69, 9.17) is 5.11 Å². The van der Waals surface area contributed by atoms with Crippen LogP contribution in [0.25, 0.3) is 0 Å². The summed E-state index contributed by atoms with van der Waals surface area (Å²) < 4.78 is 0. The number of aliphatic carboxylic acids is 1. The first-order valence-electron chi connectivity index (χ1n) is 6.32. The van der Waals surface area contributed by atoms with Gasteiger partial charge in [0.2, 0.25) is 0 Å². The molecule has 2 amide bonds. The van der Waals surface area contributed by atoms with Gasteiger partial charge in [-0.1, -0.05) is 6.42 Å². The summed E-state index contributed by atoms with van der Waals surface area (Å²) >= 11 is 1.60. The van der Waals surface area contributed by atoms with Crippen molar-refractivity contribution in [2.45, 2.75) is 32.7 Å². The van der Waals surface area contributed by atoms with Gasteiger partial charge in [0.1, 0.15) is 0 Å². The van der Waals surface area contributed by atoms with E-state index in [0.29, 0.717) is 19.4 Å². The Kier molecular flexibility index (Phi) is 4.09. The van der Waals surface area contributed by atoms with Crippen LogP contribution >= 0.6 is 11.3 Å². The maximum Gasteiger partial charge on any atom is 0.315 e. The second-order valence-corrected chi connectivity index (χ2v) is 6.00. The Labute approximate surface area is 116 Å². The summed E-state index contributed by atoms with van der Waals surface area (Å²) in [6.45, 7) is 2.69. The quantitative estimate of drug-likeness (QED) is 0.774. The van der Waals surface area contributed by atoms with Crippen molar-refractivity contribution in [2.75, 3.05) is 6.54 Å². The van der Waals surface area contributed by atoms with Crippen molar-refractivity contribution in [1.29, 1.82) is 0 Å². The SMILES string of the molecule is Cc1ccsc1CNC(=O)NCC1(C(=O)O)CCC1. The first kappa shape index (κ1) is 13.9. The van der Waals surface area contributed by atoms with E-state index in [-0.39, 0.29) is 12.6 Å². The Hall–Kier alpha value is -1.56. The summed E-state index contributed by atoms with van der Waals surface area (Å²) in [7, 11) is 0. The summed E-state index contributed by atoms with van der Waals surface area (Å²) in [5.74, 6) is -0.812. The first-order valence-corrected chi connectivity index (χ1v) is 7.19. The van der Waals surface area contributed by atoms with Gasteiger partial charge in [0.25, 0.3) is 0 Å². The average Bonchev–Trinajstić information content (AvgIpc) is 2.70. The van der Waals surface area contributed by atoms with Crippen LogP contribution in [0.15, 0.2) is 11.4 Å². The summed E-state index contributed by atoms with van der Waals surface area (Å²) in [5.41, 5.74) is 0.419. The number of amides is 2. The fourth-order valence-corrected chi connectivity index (χ4v) is 2.97. The monoisotopic (exact) mass is 282 g/mol. The van der Waals surface area contributed by atoms with Crippen LogP contribution in [0, 0.1) is 12.3 Å². The molecule has 0 radical (unpaired) electrons. The topological polar surface area (TPSA) is 78.4 Å². The Morgan fingerprint density at radius 3 is 2.63 bits per heavy atom. The minimum absolute atomic E-state index is 0.206. The molecule has 0 atom stereocenters. The van der Waals surface area contributed by atoms with Crippen molar-refractivity contribution in [3.05, 3.63) is 21.9 Å². The van der Waals surface area contributed by atoms with Gasteiger partial charge < -0.3 is 15.7 Å². The zero-order valence-electron chi connectivity index (χ0n) is 10.9. The van der Waals surface area contributed by atoms with E-state index in [1.807, 2.05) is 18.4 Å². The van der Waals surface area contributed by atoms with E-state index in [2.05, 4.69) is 10.6 Å². The Morgan fingerprint density at radius 2 is 2.16 bits per heavy atom. The highest BCUT2D eigenvalue weighted by molar-refractivity contribution is 7.10. The third-order valence-corrected chi connectivity index (χ3v) is 4.75. The molecule has 0 saturated heterocycles. The number of carboxylic acid groups (broad SMARTS) is 1. The lowest BCUT2D eigenvalue weighted by Crippen LogP contribution is -2.49. The van der Waals surface area contributed by atoms with E-state index in [0.717, 1.165) is 16.9 Å². The van der Waals surface area contributed by atoms with E-state index < -0.39 is 11.4 Å². The molecule has 2 rings (SSSR count). The van der Waals surface area contributed by atoms with Gasteiger partial charge in [-0.2, -0.15) is 0 Å². The number of carboxylic acids is 1. The van der Waals surface area contributed by atoms with Crippen molar-refractivity contribution in [3.63, 3.8) is 0 Å². The van der Waals surface area contributed by atoms with Crippen LogP contribution in [0.1, 0.15) is 29.7 Å². The second-order valence-electron chi connectivity index (χ2n) is 5.00. The van der Waals surface area contributed by atoms with Crippen LogP contribution in [0.5, 0.6) is 0 Å². The van der Waals surface area contributed by atoms with E-state index in [1.165, 1.54) is 0 Å². The number of hydrogen-bond donors (Lipinski definition) is 3. The molecule has 104 valence electrons. The molecule has 1 fully saturated rings. The maximum atomic E-state index is 11.6. The lowest BCUT2D eigenvalue weighted by Gasteiger charge is -2.37. The molecule has 1 aromatic rings. The van der Waals surface area contributed by atoms with E-state index in [1.54, 1.807) is 11.3 Å². The molecule has 1 saturated carbocycles. The highest BCUT2D eigenvalue weighted by Crippen LogP contribution is 2.40. The fourth-order valence-electron chi connectivity index (χ4n) is 2.13. The summed E-state index contributed by atoms with van der Waals surface area (Å²) in [6.07, 6.45) is 2.21. The number of carbonyl (C=O) groups excluding carboxylic acids is 1. The summed E-state index contributed by atoms with van der Waals surface area (Å²) in [6, 6.07) is 1.70. The van der Waals surface area contributed by atoms with Gasteiger partial charge in [-0.15, -0.1) is 11.3 Å². The molecule has 1 heterocycles. The smallest absolute Gasteiger partial charge is 0.315 e. The first-order chi connectivity index (χ1) is 9.03. The Bertz CT molecular complexity index is 480. The van der Waals surface area contributed by atoms with Crippen molar-refractivity contribution >= 4 is 23.3 Å². The van der Waals surface area contributed by atoms with Gasteiger partial charge in [-0.05, 0) is 36.8 Å². The minimum Gasteiger partial charge on any atom is -0.481 e. The van der Waals surface area contributed by atoms with Gasteiger partial charge in [-0.25, -0.2) is 4.79 Å². The number of thiophene rings is 1. The molecule has 6 heteroatoms. The average molecular weight is 282 g/mol. The third kappa shape index (κ3) is 3.07. The summed E-state index contributed by atoms with van der Waals surface area (Å²) in [5, 5.41) is 16.5. The van der Waals surface area contributed by atoms with Crippen LogP contribution in [-0.2, 0) is 11.3 Å². The number of rotatable bonds is 5. The lowest BCUT2D eigenvalue weighted by atomic mass is 9.69. The predicted molar refractivity (Wildman–Crippen MR) is 73.2 cm³/mol. The number of nitrogens with one attached hydrogen (secondary N) is 2. The molecule has 1 aromatic heterocycles. The zero-order valence-corrected chi connectivity index (χ0v) is 11.7. The largest absolute Gasteiger partial charge is 0.481 e. The third-order valence-electron chi connectivity index (χ3n) is 3.73.